The summed E-state index contributed by atoms with van der Waals surface area (Å²) in [6, 6.07) is 10.8. The van der Waals surface area contributed by atoms with Crippen molar-refractivity contribution in [1.82, 2.24) is 5.32 Å². The maximum Gasteiger partial charge on any atom is 0.0502 e. The van der Waals surface area contributed by atoms with Gasteiger partial charge in [0.1, 0.15) is 0 Å². The van der Waals surface area contributed by atoms with Crippen molar-refractivity contribution in [1.29, 1.82) is 0 Å². The normalized spacial score (nSPS) is 36.8. The van der Waals surface area contributed by atoms with E-state index in [4.69, 9.17) is 0 Å². The molecule has 2 heteroatoms. The Morgan fingerprint density at radius 3 is 2.76 bits per heavy atom. The lowest BCUT2D eigenvalue weighted by atomic mass is 9.75. The Labute approximate surface area is 103 Å². The molecule has 17 heavy (non-hydrogen) atoms. The molecular formula is C15H21NO. The lowest BCUT2D eigenvalue weighted by Gasteiger charge is -2.37. The SMILES string of the molecule is OCC1(C2CC2c2ccccc2)CCCNC1. The highest BCUT2D eigenvalue weighted by atomic mass is 16.3. The van der Waals surface area contributed by atoms with E-state index < -0.39 is 0 Å². The molecule has 2 nitrogen and oxygen atoms in total. The van der Waals surface area contributed by atoms with E-state index in [1.807, 2.05) is 0 Å². The number of hydrogen-bond acceptors (Lipinski definition) is 2. The van der Waals surface area contributed by atoms with Crippen LogP contribution in [0.15, 0.2) is 30.3 Å². The average Bonchev–Trinajstić information content (AvgIpc) is 3.21. The average molecular weight is 231 g/mol. The molecule has 2 aliphatic rings. The topological polar surface area (TPSA) is 32.3 Å². The fraction of sp³-hybridized carbons (Fsp3) is 0.600. The van der Waals surface area contributed by atoms with Gasteiger partial charge in [-0.15, -0.1) is 0 Å². The molecule has 2 N–H and O–H groups in total. The van der Waals surface area contributed by atoms with Gasteiger partial charge in [0.15, 0.2) is 0 Å². The van der Waals surface area contributed by atoms with Crippen molar-refractivity contribution in [3.8, 4) is 0 Å². The largest absolute Gasteiger partial charge is 0.396 e. The highest BCUT2D eigenvalue weighted by Crippen LogP contribution is 2.58. The number of aliphatic hydroxyl groups is 1. The van der Waals surface area contributed by atoms with Gasteiger partial charge in [0.25, 0.3) is 0 Å². The van der Waals surface area contributed by atoms with Crippen molar-refractivity contribution < 1.29 is 5.11 Å². The number of piperidine rings is 1. The number of nitrogens with one attached hydrogen (secondary N) is 1. The van der Waals surface area contributed by atoms with Crippen LogP contribution in [0.3, 0.4) is 0 Å². The quantitative estimate of drug-likeness (QED) is 0.835. The summed E-state index contributed by atoms with van der Waals surface area (Å²) in [6.07, 6.45) is 3.65. The summed E-state index contributed by atoms with van der Waals surface area (Å²) in [5.41, 5.74) is 1.61. The van der Waals surface area contributed by atoms with Gasteiger partial charge in [-0.2, -0.15) is 0 Å². The van der Waals surface area contributed by atoms with Crippen LogP contribution >= 0.6 is 0 Å². The Morgan fingerprint density at radius 1 is 1.29 bits per heavy atom. The molecule has 0 amide bonds. The monoisotopic (exact) mass is 231 g/mol. The Bertz CT molecular complexity index is 370. The third-order valence-electron chi connectivity index (χ3n) is 4.62. The zero-order chi connectivity index (χ0) is 11.7. The van der Waals surface area contributed by atoms with Gasteiger partial charge in [0.2, 0.25) is 0 Å². The molecule has 1 aromatic rings. The molecule has 0 bridgehead atoms. The molecule has 1 saturated carbocycles. The Balaban J connectivity index is 1.74. The van der Waals surface area contributed by atoms with Crippen LogP contribution in [0, 0.1) is 11.3 Å². The van der Waals surface area contributed by atoms with Crippen LogP contribution in [-0.4, -0.2) is 24.8 Å². The van der Waals surface area contributed by atoms with Gasteiger partial charge in [-0.25, -0.2) is 0 Å². The van der Waals surface area contributed by atoms with Crippen LogP contribution < -0.4 is 5.32 Å². The van der Waals surface area contributed by atoms with E-state index in [-0.39, 0.29) is 5.41 Å². The van der Waals surface area contributed by atoms with Gasteiger partial charge < -0.3 is 10.4 Å². The molecule has 3 rings (SSSR count). The molecule has 0 aromatic heterocycles. The molecule has 0 radical (unpaired) electrons. The van der Waals surface area contributed by atoms with Gasteiger partial charge in [-0.1, -0.05) is 30.3 Å². The summed E-state index contributed by atoms with van der Waals surface area (Å²) < 4.78 is 0. The first-order valence-corrected chi connectivity index (χ1v) is 6.72. The maximum atomic E-state index is 9.78. The summed E-state index contributed by atoms with van der Waals surface area (Å²) in [5, 5.41) is 13.2. The number of benzene rings is 1. The zero-order valence-corrected chi connectivity index (χ0v) is 10.2. The second kappa shape index (κ2) is 4.43. The van der Waals surface area contributed by atoms with Crippen LogP contribution in [0.4, 0.5) is 0 Å². The fourth-order valence-electron chi connectivity index (χ4n) is 3.50. The number of aliphatic hydroxyl groups excluding tert-OH is 1. The molecule has 1 saturated heterocycles. The Morgan fingerprint density at radius 2 is 2.12 bits per heavy atom. The molecule has 1 aliphatic carbocycles. The van der Waals surface area contributed by atoms with Crippen molar-refractivity contribution in [2.24, 2.45) is 11.3 Å². The smallest absolute Gasteiger partial charge is 0.0502 e. The van der Waals surface area contributed by atoms with Crippen LogP contribution in [0.25, 0.3) is 0 Å². The van der Waals surface area contributed by atoms with Crippen LogP contribution in [0.2, 0.25) is 0 Å². The van der Waals surface area contributed by atoms with Crippen LogP contribution in [-0.2, 0) is 0 Å². The van der Waals surface area contributed by atoms with E-state index in [0.717, 1.165) is 13.1 Å². The Hall–Kier alpha value is -0.860. The van der Waals surface area contributed by atoms with Gasteiger partial charge in [-0.3, -0.25) is 0 Å². The molecular weight excluding hydrogens is 210 g/mol. The first-order chi connectivity index (χ1) is 8.36. The number of rotatable bonds is 3. The van der Waals surface area contributed by atoms with Crippen molar-refractivity contribution >= 4 is 0 Å². The van der Waals surface area contributed by atoms with Gasteiger partial charge >= 0.3 is 0 Å². The molecule has 1 heterocycles. The summed E-state index contributed by atoms with van der Waals surface area (Å²) in [7, 11) is 0. The summed E-state index contributed by atoms with van der Waals surface area (Å²) in [5.74, 6) is 1.37. The van der Waals surface area contributed by atoms with Crippen molar-refractivity contribution in [2.45, 2.75) is 25.2 Å². The first kappa shape index (κ1) is 11.2. The minimum Gasteiger partial charge on any atom is -0.396 e. The van der Waals surface area contributed by atoms with Crippen molar-refractivity contribution in [3.05, 3.63) is 35.9 Å². The van der Waals surface area contributed by atoms with Gasteiger partial charge in [-0.05, 0) is 43.2 Å². The van der Waals surface area contributed by atoms with E-state index in [9.17, 15) is 5.11 Å². The van der Waals surface area contributed by atoms with E-state index in [2.05, 4.69) is 35.6 Å². The van der Waals surface area contributed by atoms with E-state index >= 15 is 0 Å². The maximum absolute atomic E-state index is 9.78. The lowest BCUT2D eigenvalue weighted by Crippen LogP contribution is -2.44. The van der Waals surface area contributed by atoms with Crippen molar-refractivity contribution in [3.63, 3.8) is 0 Å². The Kier molecular flexibility index (Phi) is 2.93. The van der Waals surface area contributed by atoms with E-state index in [1.165, 1.54) is 24.8 Å². The minimum absolute atomic E-state index is 0.152. The first-order valence-electron chi connectivity index (χ1n) is 6.72. The minimum atomic E-state index is 0.152. The summed E-state index contributed by atoms with van der Waals surface area (Å²) >= 11 is 0. The third kappa shape index (κ3) is 2.00. The highest BCUT2D eigenvalue weighted by Gasteiger charge is 2.52. The van der Waals surface area contributed by atoms with Gasteiger partial charge in [0, 0.05) is 12.0 Å². The van der Waals surface area contributed by atoms with Gasteiger partial charge in [0.05, 0.1) is 6.61 Å². The predicted molar refractivity (Wildman–Crippen MR) is 68.9 cm³/mol. The second-order valence-corrected chi connectivity index (χ2v) is 5.66. The zero-order valence-electron chi connectivity index (χ0n) is 10.2. The molecule has 3 atom stereocenters. The van der Waals surface area contributed by atoms with E-state index in [0.29, 0.717) is 18.4 Å². The third-order valence-corrected chi connectivity index (χ3v) is 4.62. The summed E-state index contributed by atoms with van der Waals surface area (Å²) in [4.78, 5) is 0. The van der Waals surface area contributed by atoms with Crippen LogP contribution in [0.1, 0.15) is 30.7 Å². The molecule has 0 spiro atoms. The van der Waals surface area contributed by atoms with E-state index in [1.54, 1.807) is 0 Å². The van der Waals surface area contributed by atoms with Crippen LogP contribution in [0.5, 0.6) is 0 Å². The molecule has 92 valence electrons. The molecule has 2 fully saturated rings. The second-order valence-electron chi connectivity index (χ2n) is 5.66. The lowest BCUT2D eigenvalue weighted by molar-refractivity contribution is 0.0710. The molecule has 3 unspecified atom stereocenters. The molecule has 1 aliphatic heterocycles. The fourth-order valence-corrected chi connectivity index (χ4v) is 3.50. The molecule has 1 aromatic carbocycles. The predicted octanol–water partition coefficient (Wildman–Crippen LogP) is 2.15. The number of hydrogen-bond donors (Lipinski definition) is 2. The van der Waals surface area contributed by atoms with Crippen molar-refractivity contribution in [2.75, 3.05) is 19.7 Å². The highest BCUT2D eigenvalue weighted by molar-refractivity contribution is 5.27. The summed E-state index contributed by atoms with van der Waals surface area (Å²) in [6.45, 7) is 2.45. The standard InChI is InChI=1S/C15H21NO/c17-11-15(7-4-8-16-10-15)14-9-13(14)12-5-2-1-3-6-12/h1-3,5-6,13-14,16-17H,4,7-11H2.